The lowest BCUT2D eigenvalue weighted by Crippen LogP contribution is -2.27. The van der Waals surface area contributed by atoms with Gasteiger partial charge in [-0.2, -0.15) is 0 Å². The first-order valence-corrected chi connectivity index (χ1v) is 9.35. The van der Waals surface area contributed by atoms with Gasteiger partial charge >= 0.3 is 0 Å². The van der Waals surface area contributed by atoms with Gasteiger partial charge in [0.25, 0.3) is 0 Å². The third-order valence-corrected chi connectivity index (χ3v) is 6.12. The second kappa shape index (κ2) is 6.46. The molecule has 2 atom stereocenters. The van der Waals surface area contributed by atoms with Crippen molar-refractivity contribution < 1.29 is 0 Å². The molecule has 0 bridgehead atoms. The number of hydrogen-bond acceptors (Lipinski definition) is 0. The van der Waals surface area contributed by atoms with Gasteiger partial charge in [-0.25, -0.2) is 0 Å². The lowest BCUT2D eigenvalue weighted by atomic mass is 9.67. The Labute approximate surface area is 144 Å². The number of benzene rings is 1. The van der Waals surface area contributed by atoms with E-state index in [0.717, 1.165) is 11.8 Å². The van der Waals surface area contributed by atoms with Gasteiger partial charge in [-0.1, -0.05) is 78.3 Å². The van der Waals surface area contributed by atoms with E-state index in [1.165, 1.54) is 30.4 Å². The summed E-state index contributed by atoms with van der Waals surface area (Å²) in [5.74, 6) is 1.47. The van der Waals surface area contributed by atoms with Crippen LogP contribution >= 0.6 is 0 Å². The van der Waals surface area contributed by atoms with Gasteiger partial charge in [-0.3, -0.25) is 0 Å². The average Bonchev–Trinajstić information content (AvgIpc) is 2.46. The molecule has 0 N–H and O–H groups in total. The Morgan fingerprint density at radius 1 is 1.09 bits per heavy atom. The van der Waals surface area contributed by atoms with Crippen molar-refractivity contribution >= 4 is 0 Å². The van der Waals surface area contributed by atoms with E-state index in [1.807, 2.05) is 0 Å². The number of aryl methyl sites for hydroxylation is 1. The van der Waals surface area contributed by atoms with E-state index in [2.05, 4.69) is 79.7 Å². The summed E-state index contributed by atoms with van der Waals surface area (Å²) in [6.45, 7) is 18.8. The zero-order valence-electron chi connectivity index (χ0n) is 16.6. The van der Waals surface area contributed by atoms with Gasteiger partial charge < -0.3 is 0 Å². The third kappa shape index (κ3) is 3.90. The second-order valence-electron chi connectivity index (χ2n) is 9.36. The fraction of sp³-hybridized carbons (Fsp3) is 0.652. The van der Waals surface area contributed by atoms with Gasteiger partial charge in [0.15, 0.2) is 0 Å². The van der Waals surface area contributed by atoms with Crippen molar-refractivity contribution in [1.29, 1.82) is 0 Å². The molecule has 23 heavy (non-hydrogen) atoms. The number of hydrogen-bond donors (Lipinski definition) is 0. The van der Waals surface area contributed by atoms with Gasteiger partial charge in [-0.05, 0) is 65.5 Å². The number of rotatable bonds is 3. The number of allylic oxidation sites excluding steroid dienone is 2. The molecular formula is C23H36. The standard InChI is InChI=1S/C23H36/c1-16(2)18(4)19-11-13-23(8,14-12-19)21-15-20(22(5,6)7)10-9-17(21)3/h9-11,15-16,18H,12-14H2,1-8H3. The molecule has 0 saturated heterocycles. The van der Waals surface area contributed by atoms with Crippen LogP contribution in [0.2, 0.25) is 0 Å². The molecule has 0 radical (unpaired) electrons. The molecule has 0 saturated carbocycles. The first kappa shape index (κ1) is 18.3. The highest BCUT2D eigenvalue weighted by molar-refractivity contribution is 5.40. The van der Waals surface area contributed by atoms with E-state index in [-0.39, 0.29) is 5.41 Å². The molecule has 128 valence electrons. The van der Waals surface area contributed by atoms with E-state index in [4.69, 9.17) is 0 Å². The molecule has 0 amide bonds. The van der Waals surface area contributed by atoms with E-state index in [1.54, 1.807) is 11.1 Å². The van der Waals surface area contributed by atoms with Crippen LogP contribution in [0.5, 0.6) is 0 Å². The summed E-state index contributed by atoms with van der Waals surface area (Å²) in [5.41, 5.74) is 6.69. The van der Waals surface area contributed by atoms with E-state index >= 15 is 0 Å². The highest BCUT2D eigenvalue weighted by Crippen LogP contribution is 2.43. The van der Waals surface area contributed by atoms with Gasteiger partial charge in [0.2, 0.25) is 0 Å². The Bertz CT molecular complexity index is 583. The second-order valence-corrected chi connectivity index (χ2v) is 9.36. The van der Waals surface area contributed by atoms with Crippen molar-refractivity contribution in [1.82, 2.24) is 0 Å². The van der Waals surface area contributed by atoms with Crippen LogP contribution in [0.1, 0.15) is 84.4 Å². The zero-order chi connectivity index (χ0) is 17.4. The molecule has 0 aliphatic heterocycles. The Morgan fingerprint density at radius 2 is 1.74 bits per heavy atom. The minimum Gasteiger partial charge on any atom is -0.0842 e. The quantitative estimate of drug-likeness (QED) is 0.529. The monoisotopic (exact) mass is 312 g/mol. The van der Waals surface area contributed by atoms with Crippen LogP contribution in [0.4, 0.5) is 0 Å². The maximum Gasteiger partial charge on any atom is -0.00350 e. The molecule has 1 aromatic carbocycles. The van der Waals surface area contributed by atoms with Crippen molar-refractivity contribution in [2.45, 2.75) is 85.5 Å². The van der Waals surface area contributed by atoms with Crippen LogP contribution in [-0.4, -0.2) is 0 Å². The van der Waals surface area contributed by atoms with Gasteiger partial charge in [0.05, 0.1) is 0 Å². The van der Waals surface area contributed by atoms with Crippen molar-refractivity contribution in [3.63, 3.8) is 0 Å². The maximum atomic E-state index is 2.55. The van der Waals surface area contributed by atoms with Gasteiger partial charge in [-0.15, -0.1) is 0 Å². The summed E-state index contributed by atoms with van der Waals surface area (Å²) in [6, 6.07) is 7.13. The zero-order valence-corrected chi connectivity index (χ0v) is 16.6. The topological polar surface area (TPSA) is 0 Å². The largest absolute Gasteiger partial charge is 0.0842 e. The molecule has 2 unspecified atom stereocenters. The van der Waals surface area contributed by atoms with Crippen LogP contribution < -0.4 is 0 Å². The Morgan fingerprint density at radius 3 is 2.22 bits per heavy atom. The van der Waals surface area contributed by atoms with Crippen molar-refractivity contribution in [3.05, 3.63) is 46.5 Å². The average molecular weight is 313 g/mol. The molecule has 0 heteroatoms. The van der Waals surface area contributed by atoms with Crippen LogP contribution in [0, 0.1) is 18.8 Å². The molecule has 1 aromatic rings. The van der Waals surface area contributed by atoms with E-state index in [0.29, 0.717) is 5.41 Å². The highest BCUT2D eigenvalue weighted by atomic mass is 14.4. The van der Waals surface area contributed by atoms with Crippen molar-refractivity contribution in [3.8, 4) is 0 Å². The van der Waals surface area contributed by atoms with E-state index in [9.17, 15) is 0 Å². The third-order valence-electron chi connectivity index (χ3n) is 6.12. The Hall–Kier alpha value is -1.04. The van der Waals surface area contributed by atoms with E-state index < -0.39 is 0 Å². The van der Waals surface area contributed by atoms with Crippen LogP contribution in [0.25, 0.3) is 0 Å². The Balaban J connectivity index is 2.32. The highest BCUT2D eigenvalue weighted by Gasteiger charge is 2.32. The minimum atomic E-state index is 0.223. The smallest absolute Gasteiger partial charge is 0.00350 e. The van der Waals surface area contributed by atoms with Crippen LogP contribution in [0.15, 0.2) is 29.8 Å². The van der Waals surface area contributed by atoms with Gasteiger partial charge in [0.1, 0.15) is 0 Å². The maximum absolute atomic E-state index is 2.55. The minimum absolute atomic E-state index is 0.223. The lowest BCUT2D eigenvalue weighted by Gasteiger charge is -2.37. The summed E-state index contributed by atoms with van der Waals surface area (Å²) in [4.78, 5) is 0. The molecule has 2 rings (SSSR count). The van der Waals surface area contributed by atoms with Crippen LogP contribution in [0.3, 0.4) is 0 Å². The molecule has 1 aliphatic carbocycles. The summed E-state index contributed by atoms with van der Waals surface area (Å²) in [6.07, 6.45) is 6.28. The molecule has 1 aliphatic rings. The van der Waals surface area contributed by atoms with Crippen molar-refractivity contribution in [2.24, 2.45) is 11.8 Å². The predicted octanol–water partition coefficient (Wildman–Crippen LogP) is 6.95. The van der Waals surface area contributed by atoms with Gasteiger partial charge in [0, 0.05) is 0 Å². The molecular weight excluding hydrogens is 276 g/mol. The summed E-state index contributed by atoms with van der Waals surface area (Å²) < 4.78 is 0. The first-order valence-electron chi connectivity index (χ1n) is 9.35. The fourth-order valence-corrected chi connectivity index (χ4v) is 3.81. The molecule has 0 aromatic heterocycles. The summed E-state index contributed by atoms with van der Waals surface area (Å²) >= 11 is 0. The fourth-order valence-electron chi connectivity index (χ4n) is 3.81. The SMILES string of the molecule is Cc1ccc(C(C)(C)C)cc1C1(C)CC=C(C(C)C(C)C)CC1. The lowest BCUT2D eigenvalue weighted by molar-refractivity contribution is 0.378. The molecule has 0 spiro atoms. The normalized spacial score (nSPS) is 23.8. The van der Waals surface area contributed by atoms with Crippen molar-refractivity contribution in [2.75, 3.05) is 0 Å². The van der Waals surface area contributed by atoms with Crippen LogP contribution in [-0.2, 0) is 10.8 Å². The summed E-state index contributed by atoms with van der Waals surface area (Å²) in [5, 5.41) is 0. The molecule has 0 heterocycles. The molecule has 0 fully saturated rings. The predicted molar refractivity (Wildman–Crippen MR) is 103 cm³/mol. The molecule has 0 nitrogen and oxygen atoms in total. The first-order chi connectivity index (χ1) is 10.5. The Kier molecular flexibility index (Phi) is 5.14. The summed E-state index contributed by atoms with van der Waals surface area (Å²) in [7, 11) is 0.